The van der Waals surface area contributed by atoms with Gasteiger partial charge in [0.15, 0.2) is 0 Å². The highest BCUT2D eigenvalue weighted by atomic mass is 16.5. The first-order valence-corrected chi connectivity index (χ1v) is 8.05. The maximum Gasteiger partial charge on any atom is 0.0611 e. The van der Waals surface area contributed by atoms with E-state index in [2.05, 4.69) is 33.0 Å². The molecule has 0 rings (SSSR count). The van der Waals surface area contributed by atoms with Crippen molar-refractivity contribution in [1.82, 2.24) is 5.32 Å². The summed E-state index contributed by atoms with van der Waals surface area (Å²) >= 11 is 0. The van der Waals surface area contributed by atoms with Crippen LogP contribution < -0.4 is 5.32 Å². The molecule has 0 saturated carbocycles. The van der Waals surface area contributed by atoms with Gasteiger partial charge in [-0.1, -0.05) is 39.5 Å². The van der Waals surface area contributed by atoms with Crippen LogP contribution in [-0.2, 0) is 4.74 Å². The number of hydrogen-bond acceptors (Lipinski definition) is 3. The first-order chi connectivity index (χ1) is 9.08. The van der Waals surface area contributed by atoms with Gasteiger partial charge in [0.25, 0.3) is 0 Å². The highest BCUT2D eigenvalue weighted by Gasteiger charge is 2.22. The molecule has 3 heteroatoms. The van der Waals surface area contributed by atoms with E-state index in [0.717, 1.165) is 32.4 Å². The molecule has 0 aliphatic rings. The lowest BCUT2D eigenvalue weighted by molar-refractivity contribution is 0.0352. The van der Waals surface area contributed by atoms with E-state index in [9.17, 15) is 5.11 Å². The smallest absolute Gasteiger partial charge is 0.0611 e. The number of aliphatic hydroxyl groups excluding tert-OH is 1. The summed E-state index contributed by atoms with van der Waals surface area (Å²) in [5.74, 6) is 0. The molecule has 3 nitrogen and oxygen atoms in total. The topological polar surface area (TPSA) is 41.5 Å². The predicted octanol–water partition coefficient (Wildman–Crippen LogP) is 3.50. The van der Waals surface area contributed by atoms with Gasteiger partial charge in [-0.2, -0.15) is 0 Å². The molecule has 0 aliphatic carbocycles. The molecule has 2 unspecified atom stereocenters. The Labute approximate surface area is 120 Å². The molecule has 0 radical (unpaired) electrons. The molecule has 2 atom stereocenters. The number of aliphatic hydroxyl groups is 1. The van der Waals surface area contributed by atoms with Crippen LogP contribution in [0.5, 0.6) is 0 Å². The minimum atomic E-state index is -0.196. The molecule has 0 aliphatic heterocycles. The Bertz CT molecular complexity index is 199. The second-order valence-electron chi connectivity index (χ2n) is 5.93. The standard InChI is InChI=1S/C16H35NO2/c1-5-7-8-9-10-15(3)19-13-11-16(4,14-18)17-12-6-2/h15,17-18H,5-14H2,1-4H3. The third kappa shape index (κ3) is 10.3. The molecule has 0 fully saturated rings. The van der Waals surface area contributed by atoms with Crippen molar-refractivity contribution in [3.8, 4) is 0 Å². The molecule has 0 spiro atoms. The molecule has 0 aromatic rings. The van der Waals surface area contributed by atoms with Gasteiger partial charge in [-0.15, -0.1) is 0 Å². The van der Waals surface area contributed by atoms with Crippen molar-refractivity contribution in [2.24, 2.45) is 0 Å². The Balaban J connectivity index is 3.68. The van der Waals surface area contributed by atoms with Crippen molar-refractivity contribution in [1.29, 1.82) is 0 Å². The highest BCUT2D eigenvalue weighted by Crippen LogP contribution is 2.12. The average molecular weight is 273 g/mol. The van der Waals surface area contributed by atoms with Gasteiger partial charge in [-0.05, 0) is 39.7 Å². The number of nitrogens with one attached hydrogen (secondary N) is 1. The van der Waals surface area contributed by atoms with Gasteiger partial charge >= 0.3 is 0 Å². The summed E-state index contributed by atoms with van der Waals surface area (Å²) in [5.41, 5.74) is -0.196. The molecule has 0 aromatic heterocycles. The molecule has 0 heterocycles. The Kier molecular flexibility index (Phi) is 11.6. The molecule has 0 amide bonds. The largest absolute Gasteiger partial charge is 0.394 e. The lowest BCUT2D eigenvalue weighted by Gasteiger charge is -2.29. The monoisotopic (exact) mass is 273 g/mol. The van der Waals surface area contributed by atoms with Gasteiger partial charge in [0.2, 0.25) is 0 Å². The van der Waals surface area contributed by atoms with Crippen molar-refractivity contribution in [3.63, 3.8) is 0 Å². The van der Waals surface area contributed by atoms with Crippen LogP contribution in [-0.4, -0.2) is 36.5 Å². The molecule has 0 bridgehead atoms. The summed E-state index contributed by atoms with van der Waals surface area (Å²) in [6.45, 7) is 10.4. The number of ether oxygens (including phenoxy) is 1. The zero-order valence-corrected chi connectivity index (χ0v) is 13.5. The van der Waals surface area contributed by atoms with Gasteiger partial charge in [-0.25, -0.2) is 0 Å². The first kappa shape index (κ1) is 18.9. The van der Waals surface area contributed by atoms with E-state index in [-0.39, 0.29) is 12.1 Å². The summed E-state index contributed by atoms with van der Waals surface area (Å²) in [4.78, 5) is 0. The van der Waals surface area contributed by atoms with E-state index < -0.39 is 0 Å². The van der Waals surface area contributed by atoms with Gasteiger partial charge in [0.05, 0.1) is 12.7 Å². The summed E-state index contributed by atoms with van der Waals surface area (Å²) in [7, 11) is 0. The van der Waals surface area contributed by atoms with Gasteiger partial charge in [0, 0.05) is 12.1 Å². The van der Waals surface area contributed by atoms with E-state index in [1.54, 1.807) is 0 Å². The minimum Gasteiger partial charge on any atom is -0.394 e. The van der Waals surface area contributed by atoms with Crippen molar-refractivity contribution in [2.75, 3.05) is 19.8 Å². The van der Waals surface area contributed by atoms with Crippen LogP contribution in [0.4, 0.5) is 0 Å². The van der Waals surface area contributed by atoms with Crippen molar-refractivity contribution < 1.29 is 9.84 Å². The average Bonchev–Trinajstić information content (AvgIpc) is 2.41. The molecule has 116 valence electrons. The SMILES string of the molecule is CCCCCCC(C)OCCC(C)(CO)NCCC. The van der Waals surface area contributed by atoms with Crippen LogP contribution >= 0.6 is 0 Å². The lowest BCUT2D eigenvalue weighted by atomic mass is 9.99. The van der Waals surface area contributed by atoms with Crippen LogP contribution in [0.15, 0.2) is 0 Å². The molecule has 0 aromatic carbocycles. The fourth-order valence-corrected chi connectivity index (χ4v) is 2.08. The second kappa shape index (κ2) is 11.7. The number of unbranched alkanes of at least 4 members (excludes halogenated alkanes) is 3. The zero-order valence-electron chi connectivity index (χ0n) is 13.5. The quantitative estimate of drug-likeness (QED) is 0.505. The Hall–Kier alpha value is -0.120. The third-order valence-corrected chi connectivity index (χ3v) is 3.67. The van der Waals surface area contributed by atoms with Gasteiger partial charge < -0.3 is 15.2 Å². The van der Waals surface area contributed by atoms with E-state index in [4.69, 9.17) is 4.74 Å². The maximum absolute atomic E-state index is 9.46. The maximum atomic E-state index is 9.46. The Morgan fingerprint density at radius 3 is 2.47 bits per heavy atom. The predicted molar refractivity (Wildman–Crippen MR) is 82.6 cm³/mol. The van der Waals surface area contributed by atoms with E-state index in [1.807, 2.05) is 0 Å². The van der Waals surface area contributed by atoms with E-state index >= 15 is 0 Å². The lowest BCUT2D eigenvalue weighted by Crippen LogP contribution is -2.47. The third-order valence-electron chi connectivity index (χ3n) is 3.67. The van der Waals surface area contributed by atoms with Crippen LogP contribution in [0, 0.1) is 0 Å². The first-order valence-electron chi connectivity index (χ1n) is 8.05. The molecule has 0 saturated heterocycles. The molecular weight excluding hydrogens is 238 g/mol. The Morgan fingerprint density at radius 1 is 1.16 bits per heavy atom. The summed E-state index contributed by atoms with van der Waals surface area (Å²) in [6.07, 6.45) is 8.64. The number of rotatable bonds is 13. The highest BCUT2D eigenvalue weighted by molar-refractivity contribution is 4.81. The van der Waals surface area contributed by atoms with Crippen LogP contribution in [0.2, 0.25) is 0 Å². The minimum absolute atomic E-state index is 0.168. The van der Waals surface area contributed by atoms with Crippen molar-refractivity contribution in [3.05, 3.63) is 0 Å². The number of hydrogen-bond donors (Lipinski definition) is 2. The fraction of sp³-hybridized carbons (Fsp3) is 1.00. The molecule has 2 N–H and O–H groups in total. The fourth-order valence-electron chi connectivity index (χ4n) is 2.08. The summed E-state index contributed by atoms with van der Waals surface area (Å²) in [6, 6.07) is 0. The summed E-state index contributed by atoms with van der Waals surface area (Å²) in [5, 5.41) is 12.9. The molecule has 19 heavy (non-hydrogen) atoms. The normalized spacial score (nSPS) is 16.3. The second-order valence-corrected chi connectivity index (χ2v) is 5.93. The van der Waals surface area contributed by atoms with Crippen LogP contribution in [0.1, 0.15) is 72.6 Å². The zero-order chi connectivity index (χ0) is 14.6. The van der Waals surface area contributed by atoms with Gasteiger partial charge in [-0.3, -0.25) is 0 Å². The van der Waals surface area contributed by atoms with Crippen LogP contribution in [0.3, 0.4) is 0 Å². The van der Waals surface area contributed by atoms with Crippen molar-refractivity contribution in [2.45, 2.75) is 84.3 Å². The Morgan fingerprint density at radius 2 is 1.89 bits per heavy atom. The van der Waals surface area contributed by atoms with Crippen LogP contribution in [0.25, 0.3) is 0 Å². The summed E-state index contributed by atoms with van der Waals surface area (Å²) < 4.78 is 5.85. The van der Waals surface area contributed by atoms with Gasteiger partial charge in [0.1, 0.15) is 0 Å². The van der Waals surface area contributed by atoms with Crippen molar-refractivity contribution >= 4 is 0 Å². The van der Waals surface area contributed by atoms with E-state index in [0.29, 0.717) is 6.10 Å². The molecular formula is C16H35NO2. The van der Waals surface area contributed by atoms with E-state index in [1.165, 1.54) is 25.7 Å².